The molecule has 0 saturated carbocycles. The summed E-state index contributed by atoms with van der Waals surface area (Å²) in [5, 5.41) is 4.88. The van der Waals surface area contributed by atoms with Crippen LogP contribution in [0.5, 0.6) is 0 Å². The minimum Gasteiger partial charge on any atom is -0.309 e. The van der Waals surface area contributed by atoms with Crippen molar-refractivity contribution < 1.29 is 0 Å². The van der Waals surface area contributed by atoms with E-state index in [2.05, 4.69) is 276 Å². The normalized spacial score (nSPS) is 11.3. The second-order valence-electron chi connectivity index (χ2n) is 16.9. The highest BCUT2D eigenvalue weighted by Gasteiger charge is 2.23. The Morgan fingerprint density at radius 3 is 1.20 bits per heavy atom. The molecular formula is C64H44N2. The van der Waals surface area contributed by atoms with Crippen LogP contribution in [0.1, 0.15) is 0 Å². The first-order valence-corrected chi connectivity index (χ1v) is 22.7. The summed E-state index contributed by atoms with van der Waals surface area (Å²) in [5.41, 5.74) is 18.7. The molecule has 0 saturated heterocycles. The number of rotatable bonds is 9. The second-order valence-corrected chi connectivity index (χ2v) is 16.9. The zero-order valence-corrected chi connectivity index (χ0v) is 36.3. The van der Waals surface area contributed by atoms with Crippen LogP contribution >= 0.6 is 0 Å². The molecule has 0 unspecified atom stereocenters. The lowest BCUT2D eigenvalue weighted by molar-refractivity contribution is 1.18. The average molecular weight is 841 g/mol. The Balaban J connectivity index is 1.02. The number of hydrogen-bond acceptors (Lipinski definition) is 1. The van der Waals surface area contributed by atoms with Gasteiger partial charge < -0.3 is 9.47 Å². The minimum atomic E-state index is 1.08. The number of para-hydroxylation sites is 2. The Morgan fingerprint density at radius 2 is 0.652 bits per heavy atom. The Bertz CT molecular complexity index is 3630. The fraction of sp³-hybridized carbons (Fsp3) is 0. The first-order valence-electron chi connectivity index (χ1n) is 22.7. The topological polar surface area (TPSA) is 8.17 Å². The van der Waals surface area contributed by atoms with Crippen molar-refractivity contribution in [1.29, 1.82) is 0 Å². The third kappa shape index (κ3) is 7.02. The molecule has 12 aromatic rings. The maximum absolute atomic E-state index is 2.47. The van der Waals surface area contributed by atoms with Crippen LogP contribution in [0.3, 0.4) is 0 Å². The van der Waals surface area contributed by atoms with Crippen molar-refractivity contribution in [3.8, 4) is 61.3 Å². The van der Waals surface area contributed by atoms with Crippen molar-refractivity contribution in [2.45, 2.75) is 0 Å². The van der Waals surface area contributed by atoms with E-state index >= 15 is 0 Å². The fourth-order valence-electron chi connectivity index (χ4n) is 9.79. The van der Waals surface area contributed by atoms with Gasteiger partial charge in [0, 0.05) is 33.1 Å². The Hall–Kier alpha value is -8.72. The summed E-state index contributed by atoms with van der Waals surface area (Å²) >= 11 is 0. The lowest BCUT2D eigenvalue weighted by Gasteiger charge is -2.29. The molecule has 0 aliphatic carbocycles. The zero-order chi connectivity index (χ0) is 43.8. The van der Waals surface area contributed by atoms with Crippen LogP contribution in [-0.4, -0.2) is 4.57 Å². The van der Waals surface area contributed by atoms with E-state index in [0.29, 0.717) is 0 Å². The molecule has 0 N–H and O–H groups in total. The van der Waals surface area contributed by atoms with Crippen molar-refractivity contribution in [3.63, 3.8) is 0 Å². The van der Waals surface area contributed by atoms with Gasteiger partial charge in [0.25, 0.3) is 0 Å². The molecule has 2 nitrogen and oxygen atoms in total. The van der Waals surface area contributed by atoms with E-state index in [1.54, 1.807) is 0 Å². The number of aromatic nitrogens is 1. The van der Waals surface area contributed by atoms with Gasteiger partial charge in [-0.2, -0.15) is 0 Å². The van der Waals surface area contributed by atoms with Gasteiger partial charge in [0.1, 0.15) is 0 Å². The van der Waals surface area contributed by atoms with Crippen molar-refractivity contribution in [1.82, 2.24) is 4.57 Å². The first-order chi connectivity index (χ1) is 32.7. The van der Waals surface area contributed by atoms with Crippen LogP contribution in [0.25, 0.3) is 93.9 Å². The quantitative estimate of drug-likeness (QED) is 0.141. The summed E-state index contributed by atoms with van der Waals surface area (Å²) in [6.45, 7) is 0. The minimum absolute atomic E-state index is 1.08. The molecule has 0 spiro atoms. The first kappa shape index (κ1) is 38.9. The molecule has 0 aliphatic heterocycles. The Morgan fingerprint density at radius 1 is 0.258 bits per heavy atom. The van der Waals surface area contributed by atoms with Crippen LogP contribution in [0.15, 0.2) is 267 Å². The van der Waals surface area contributed by atoms with Crippen molar-refractivity contribution in [2.24, 2.45) is 0 Å². The van der Waals surface area contributed by atoms with Crippen LogP contribution in [0.4, 0.5) is 17.1 Å². The van der Waals surface area contributed by atoms with E-state index in [0.717, 1.165) is 33.8 Å². The SMILES string of the molecule is c1ccc(-c2ccc(-c3ccc(N(c4ccccc4-c4ccccc4)c4cc5c(c6ccccc46)c4ccccc4n5-c4ccc(-c5ccc(-c6ccccc6)cc5)cc4)cc3)cc2)cc1. The number of benzene rings is 11. The van der Waals surface area contributed by atoms with E-state index in [1.165, 1.54) is 77.1 Å². The van der Waals surface area contributed by atoms with Gasteiger partial charge in [-0.25, -0.2) is 0 Å². The number of hydrogen-bond donors (Lipinski definition) is 0. The molecule has 0 radical (unpaired) electrons. The second kappa shape index (κ2) is 16.8. The summed E-state index contributed by atoms with van der Waals surface area (Å²) in [6, 6.07) is 96.8. The molecule has 66 heavy (non-hydrogen) atoms. The van der Waals surface area contributed by atoms with E-state index in [-0.39, 0.29) is 0 Å². The van der Waals surface area contributed by atoms with Gasteiger partial charge in [0.2, 0.25) is 0 Å². The van der Waals surface area contributed by atoms with E-state index < -0.39 is 0 Å². The molecule has 0 amide bonds. The van der Waals surface area contributed by atoms with Crippen LogP contribution in [0, 0.1) is 0 Å². The largest absolute Gasteiger partial charge is 0.309 e. The van der Waals surface area contributed by atoms with E-state index in [1.807, 2.05) is 0 Å². The average Bonchev–Trinajstić information content (AvgIpc) is 3.74. The van der Waals surface area contributed by atoms with Crippen LogP contribution in [-0.2, 0) is 0 Å². The van der Waals surface area contributed by atoms with E-state index in [4.69, 9.17) is 0 Å². The van der Waals surface area contributed by atoms with Gasteiger partial charge in [-0.1, -0.05) is 224 Å². The summed E-state index contributed by atoms with van der Waals surface area (Å²) in [4.78, 5) is 2.47. The van der Waals surface area contributed by atoms with Gasteiger partial charge in [0.15, 0.2) is 0 Å². The standard InChI is InChI=1S/C64H44N2/c1-4-16-45(17-5-1)47-28-32-49(33-29-47)51-36-40-54(41-37-51)65(60-26-14-12-22-56(60)53-20-8-3-9-21-53)62-44-63-64(58-24-11-10-23-57(58)62)59-25-13-15-27-61(59)66(63)55-42-38-52(39-43-55)50-34-30-48(31-35-50)46-18-6-2-7-19-46/h1-44H. The van der Waals surface area contributed by atoms with Gasteiger partial charge in [0.05, 0.1) is 22.4 Å². The molecule has 1 aromatic heterocycles. The van der Waals surface area contributed by atoms with Crippen LogP contribution in [0.2, 0.25) is 0 Å². The van der Waals surface area contributed by atoms with Gasteiger partial charge in [-0.15, -0.1) is 0 Å². The Labute approximate surface area is 385 Å². The van der Waals surface area contributed by atoms with Gasteiger partial charge >= 0.3 is 0 Å². The number of anilines is 3. The highest BCUT2D eigenvalue weighted by atomic mass is 15.1. The molecule has 0 bridgehead atoms. The van der Waals surface area contributed by atoms with Gasteiger partial charge in [-0.3, -0.25) is 0 Å². The summed E-state index contributed by atoms with van der Waals surface area (Å²) in [6.07, 6.45) is 0. The van der Waals surface area contributed by atoms with E-state index in [9.17, 15) is 0 Å². The summed E-state index contributed by atoms with van der Waals surface area (Å²) in [5.74, 6) is 0. The monoisotopic (exact) mass is 840 g/mol. The third-order valence-electron chi connectivity index (χ3n) is 13.0. The molecule has 0 aliphatic rings. The number of nitrogens with zero attached hydrogens (tertiary/aromatic N) is 2. The smallest absolute Gasteiger partial charge is 0.0568 e. The van der Waals surface area contributed by atoms with Crippen LogP contribution < -0.4 is 4.90 Å². The maximum Gasteiger partial charge on any atom is 0.0568 e. The molecule has 310 valence electrons. The predicted octanol–water partition coefficient (Wildman–Crippen LogP) is 17.7. The molecule has 1 heterocycles. The maximum atomic E-state index is 2.47. The third-order valence-corrected chi connectivity index (χ3v) is 13.0. The van der Waals surface area contributed by atoms with Crippen molar-refractivity contribution >= 4 is 49.6 Å². The highest BCUT2D eigenvalue weighted by Crippen LogP contribution is 2.48. The van der Waals surface area contributed by atoms with Crippen molar-refractivity contribution in [2.75, 3.05) is 4.90 Å². The lowest BCUT2D eigenvalue weighted by Crippen LogP contribution is -2.12. The van der Waals surface area contributed by atoms with Gasteiger partial charge in [-0.05, 0) is 97.9 Å². The highest BCUT2D eigenvalue weighted by molar-refractivity contribution is 6.24. The summed E-state index contributed by atoms with van der Waals surface area (Å²) < 4.78 is 2.45. The fourth-order valence-corrected chi connectivity index (χ4v) is 9.79. The molecule has 12 rings (SSSR count). The molecular weight excluding hydrogens is 797 g/mol. The molecule has 0 atom stereocenters. The zero-order valence-electron chi connectivity index (χ0n) is 36.3. The molecule has 11 aromatic carbocycles. The number of fused-ring (bicyclic) bond motifs is 5. The predicted molar refractivity (Wildman–Crippen MR) is 280 cm³/mol. The summed E-state index contributed by atoms with van der Waals surface area (Å²) in [7, 11) is 0. The Kier molecular flexibility index (Phi) is 9.89. The van der Waals surface area contributed by atoms with Crippen molar-refractivity contribution in [3.05, 3.63) is 267 Å². The molecule has 2 heteroatoms. The lowest BCUT2D eigenvalue weighted by atomic mass is 9.97. The molecule has 0 fully saturated rings.